The van der Waals surface area contributed by atoms with Crippen LogP contribution in [0.1, 0.15) is 129 Å². The number of carbonyl (C=O) groups excluding carboxylic acids is 2. The zero-order valence-electron chi connectivity index (χ0n) is 33.6. The number of nitrogens with one attached hydrogen (secondary N) is 1. The van der Waals surface area contributed by atoms with Gasteiger partial charge >= 0.3 is 0 Å². The van der Waals surface area contributed by atoms with E-state index < -0.39 is 9.84 Å². The lowest BCUT2D eigenvalue weighted by Crippen LogP contribution is -2.66. The van der Waals surface area contributed by atoms with Crippen LogP contribution in [0.25, 0.3) is 5.57 Å². The first-order chi connectivity index (χ1) is 24.8. The lowest BCUT2D eigenvalue weighted by Gasteiger charge is -2.72. The minimum Gasteiger partial charge on any atom is -0.356 e. The van der Waals surface area contributed by atoms with Crippen molar-refractivity contribution in [2.24, 2.45) is 56.7 Å². The monoisotopic (exact) mass is 748 g/mol. The van der Waals surface area contributed by atoms with E-state index >= 15 is 4.39 Å². The van der Waals surface area contributed by atoms with Gasteiger partial charge in [0.2, 0.25) is 5.91 Å². The third kappa shape index (κ3) is 6.05. The van der Waals surface area contributed by atoms with Crippen molar-refractivity contribution in [2.45, 2.75) is 113 Å². The van der Waals surface area contributed by atoms with E-state index in [1.807, 2.05) is 6.07 Å². The molecule has 0 aromatic heterocycles. The number of nitrogens with zero attached hydrogens (tertiary/aromatic N) is 1. The van der Waals surface area contributed by atoms with Crippen molar-refractivity contribution in [3.8, 4) is 0 Å². The van der Waals surface area contributed by atoms with Crippen LogP contribution >= 0.6 is 0 Å². The summed E-state index contributed by atoms with van der Waals surface area (Å²) in [5.74, 6) is 2.36. The summed E-state index contributed by atoms with van der Waals surface area (Å²) >= 11 is 0. The molecule has 1 N–H and O–H groups in total. The molecule has 1 amide bonds. The summed E-state index contributed by atoms with van der Waals surface area (Å²) in [6.45, 7) is 23.2. The van der Waals surface area contributed by atoms with Gasteiger partial charge in [0.1, 0.15) is 5.82 Å². The molecule has 0 spiro atoms. The van der Waals surface area contributed by atoms with Gasteiger partial charge in [-0.25, -0.2) is 12.8 Å². The number of Topliss-reactive ketones (excluding diaryl/α,β-unsaturated/α-hetero) is 1. The molecule has 1 aliphatic heterocycles. The van der Waals surface area contributed by atoms with Crippen molar-refractivity contribution in [1.82, 2.24) is 10.2 Å². The number of hydrogen-bond acceptors (Lipinski definition) is 5. The van der Waals surface area contributed by atoms with Crippen molar-refractivity contribution >= 4 is 27.1 Å². The Labute approximate surface area is 319 Å². The average molecular weight is 749 g/mol. The fraction of sp³-hybridized carbons (Fsp3) is 0.733. The van der Waals surface area contributed by atoms with Crippen molar-refractivity contribution in [2.75, 3.05) is 37.7 Å². The maximum Gasteiger partial charge on any atom is 0.226 e. The number of hydrogen-bond donors (Lipinski definition) is 1. The molecule has 9 unspecified atom stereocenters. The Morgan fingerprint density at radius 3 is 2.30 bits per heavy atom. The van der Waals surface area contributed by atoms with Crippen LogP contribution in [-0.4, -0.2) is 62.7 Å². The van der Waals surface area contributed by atoms with Crippen LogP contribution in [0.5, 0.6) is 0 Å². The number of halogens is 1. The predicted octanol–water partition coefficient (Wildman–Crippen LogP) is 8.92. The van der Waals surface area contributed by atoms with E-state index in [0.29, 0.717) is 60.4 Å². The number of sulfone groups is 1. The summed E-state index contributed by atoms with van der Waals surface area (Å²) in [6, 6.07) is 5.02. The zero-order chi connectivity index (χ0) is 38.4. The number of ketones is 1. The molecular weight excluding hydrogens is 684 g/mol. The van der Waals surface area contributed by atoms with Gasteiger partial charge in [0, 0.05) is 30.8 Å². The number of benzene rings is 1. The highest BCUT2D eigenvalue weighted by atomic mass is 32.2. The van der Waals surface area contributed by atoms with E-state index in [4.69, 9.17) is 0 Å². The molecule has 5 aliphatic carbocycles. The Kier molecular flexibility index (Phi) is 9.85. The Balaban J connectivity index is 1.12. The van der Waals surface area contributed by atoms with E-state index in [1.54, 1.807) is 6.07 Å². The first-order valence-electron chi connectivity index (χ1n) is 20.7. The molecule has 0 radical (unpaired) electrons. The van der Waals surface area contributed by atoms with E-state index in [9.17, 15) is 18.0 Å². The van der Waals surface area contributed by atoms with Crippen LogP contribution in [0.2, 0.25) is 0 Å². The second-order valence-corrected chi connectivity index (χ2v) is 22.0. The van der Waals surface area contributed by atoms with Crippen LogP contribution in [0.4, 0.5) is 4.39 Å². The molecule has 1 heterocycles. The highest BCUT2D eigenvalue weighted by molar-refractivity contribution is 7.91. The van der Waals surface area contributed by atoms with Gasteiger partial charge in [-0.3, -0.25) is 9.59 Å². The molecule has 292 valence electrons. The largest absolute Gasteiger partial charge is 0.356 e. The molecule has 6 aliphatic rings. The molecular formula is C45H65FN2O4S. The van der Waals surface area contributed by atoms with Gasteiger partial charge in [0.15, 0.2) is 15.6 Å². The Hall–Kier alpha value is -2.32. The fourth-order valence-electron chi connectivity index (χ4n) is 14.2. The minimum absolute atomic E-state index is 0.0810. The van der Waals surface area contributed by atoms with Crippen molar-refractivity contribution in [3.63, 3.8) is 0 Å². The summed E-state index contributed by atoms with van der Waals surface area (Å²) in [5, 5.41) is 3.42. The number of carbonyl (C=O) groups is 2. The van der Waals surface area contributed by atoms with Crippen LogP contribution in [0, 0.1) is 62.5 Å². The van der Waals surface area contributed by atoms with Crippen LogP contribution in [-0.2, 0) is 14.6 Å². The molecule has 8 heteroatoms. The van der Waals surface area contributed by atoms with Crippen molar-refractivity contribution < 1.29 is 22.4 Å². The number of allylic oxidation sites excluding steroid dienone is 3. The van der Waals surface area contributed by atoms with Gasteiger partial charge in [-0.2, -0.15) is 0 Å². The highest BCUT2D eigenvalue weighted by Crippen LogP contribution is 2.77. The highest BCUT2D eigenvalue weighted by Gasteiger charge is 2.71. The van der Waals surface area contributed by atoms with Gasteiger partial charge < -0.3 is 10.2 Å². The fourth-order valence-corrected chi connectivity index (χ4v) is 15.5. The maximum absolute atomic E-state index is 15.6. The Morgan fingerprint density at radius 2 is 1.64 bits per heavy atom. The summed E-state index contributed by atoms with van der Waals surface area (Å²) in [5.41, 5.74) is 3.12. The first kappa shape index (κ1) is 38.9. The third-order valence-corrected chi connectivity index (χ3v) is 18.7. The molecule has 1 saturated heterocycles. The smallest absolute Gasteiger partial charge is 0.226 e. The normalized spacial score (nSPS) is 40.2. The summed E-state index contributed by atoms with van der Waals surface area (Å²) < 4.78 is 39.4. The van der Waals surface area contributed by atoms with Gasteiger partial charge in [0.05, 0.1) is 16.9 Å². The molecule has 5 fully saturated rings. The Morgan fingerprint density at radius 1 is 0.925 bits per heavy atom. The standard InChI is InChI=1S/C45H65FN2O4S/c1-29(2)32-14-19-45(40(50)47-22-9-23-48-24-26-53(51,52)27-25-48)21-20-43(7)35(39(32)45)12-13-38-42(6)17-15-34(33-11-10-31(30(3)49)28-36(33)46)41(4,5)37(42)16-18-44(38,43)8/h10-11,15,28,32,35,37-39H,1,9,12-14,16-27H2,2-8H3,(H,47,50). The Bertz CT molecular complexity index is 1810. The van der Waals surface area contributed by atoms with E-state index in [1.165, 1.54) is 18.6 Å². The third-order valence-electron chi connectivity index (χ3n) is 17.1. The second kappa shape index (κ2) is 13.4. The van der Waals surface area contributed by atoms with Crippen LogP contribution in [0.15, 0.2) is 36.4 Å². The molecule has 6 nitrogen and oxygen atoms in total. The summed E-state index contributed by atoms with van der Waals surface area (Å²) in [4.78, 5) is 28.7. The molecule has 53 heavy (non-hydrogen) atoms. The van der Waals surface area contributed by atoms with E-state index in [0.717, 1.165) is 76.3 Å². The van der Waals surface area contributed by atoms with Gasteiger partial charge in [0.25, 0.3) is 0 Å². The van der Waals surface area contributed by atoms with Crippen LogP contribution in [0.3, 0.4) is 0 Å². The molecule has 1 aromatic rings. The van der Waals surface area contributed by atoms with Gasteiger partial charge in [-0.15, -0.1) is 0 Å². The maximum atomic E-state index is 15.6. The van der Waals surface area contributed by atoms with Crippen molar-refractivity contribution in [1.29, 1.82) is 0 Å². The quantitative estimate of drug-likeness (QED) is 0.163. The second-order valence-electron chi connectivity index (χ2n) is 19.7. The van der Waals surface area contributed by atoms with Crippen molar-refractivity contribution in [3.05, 3.63) is 53.4 Å². The predicted molar refractivity (Wildman–Crippen MR) is 211 cm³/mol. The number of fused-ring (bicyclic) bond motifs is 7. The SMILES string of the molecule is C=C(C)C1CCC2(C(=O)NCCCN3CCS(=O)(=O)CC3)CCC3(C)C(CCC4C5(C)CC=C(c6ccc(C(C)=O)cc6F)C(C)(C)C5CCC43C)C12. The van der Waals surface area contributed by atoms with E-state index in [2.05, 4.69) is 64.4 Å². The first-order valence-corrected chi connectivity index (χ1v) is 22.5. The molecule has 1 aromatic carbocycles. The van der Waals surface area contributed by atoms with Crippen LogP contribution < -0.4 is 5.32 Å². The molecule has 9 atom stereocenters. The minimum atomic E-state index is -2.90. The molecule has 4 saturated carbocycles. The van der Waals surface area contributed by atoms with E-state index in [-0.39, 0.29) is 56.1 Å². The topological polar surface area (TPSA) is 83.6 Å². The zero-order valence-corrected chi connectivity index (χ0v) is 34.4. The number of amides is 1. The van der Waals surface area contributed by atoms with Gasteiger partial charge in [-0.05, 0) is 147 Å². The molecule has 7 rings (SSSR count). The number of rotatable bonds is 8. The average Bonchev–Trinajstić information content (AvgIpc) is 3.49. The summed E-state index contributed by atoms with van der Waals surface area (Å²) in [6.07, 6.45) is 12.6. The summed E-state index contributed by atoms with van der Waals surface area (Å²) in [7, 11) is -2.90. The molecule has 0 bridgehead atoms. The lowest BCUT2D eigenvalue weighted by molar-refractivity contribution is -0.225. The lowest BCUT2D eigenvalue weighted by atomic mass is 9.32. The van der Waals surface area contributed by atoms with Gasteiger partial charge in [-0.1, -0.05) is 65.0 Å².